The zero-order valence-electron chi connectivity index (χ0n) is 15.2. The molecule has 1 aliphatic carbocycles. The number of carbonyl (C=O) groups excluding carboxylic acids is 1. The maximum atomic E-state index is 11.9. The molecule has 23 heavy (non-hydrogen) atoms. The Morgan fingerprint density at radius 2 is 1.87 bits per heavy atom. The molecular formula is C18H34N2O3. The van der Waals surface area contributed by atoms with Crippen LogP contribution in [0.15, 0.2) is 0 Å². The molecule has 0 unspecified atom stereocenters. The first-order chi connectivity index (χ1) is 10.8. The summed E-state index contributed by atoms with van der Waals surface area (Å²) in [4.78, 5) is 11.9. The number of alkyl carbamates (subject to hydrolysis) is 1. The second-order valence-electron chi connectivity index (χ2n) is 8.51. The van der Waals surface area contributed by atoms with Gasteiger partial charge in [-0.25, -0.2) is 4.79 Å². The van der Waals surface area contributed by atoms with Crippen molar-refractivity contribution in [1.29, 1.82) is 0 Å². The second-order valence-corrected chi connectivity index (χ2v) is 8.51. The lowest BCUT2D eigenvalue weighted by atomic mass is 9.81. The van der Waals surface area contributed by atoms with Crippen molar-refractivity contribution in [2.24, 2.45) is 5.41 Å². The number of rotatable bonds is 4. The van der Waals surface area contributed by atoms with E-state index in [9.17, 15) is 4.79 Å². The van der Waals surface area contributed by atoms with Gasteiger partial charge < -0.3 is 20.1 Å². The van der Waals surface area contributed by atoms with Crippen molar-refractivity contribution in [2.45, 2.75) is 83.9 Å². The summed E-state index contributed by atoms with van der Waals surface area (Å²) in [5.41, 5.74) is -0.0855. The maximum absolute atomic E-state index is 11.9. The monoisotopic (exact) mass is 326 g/mol. The van der Waals surface area contributed by atoms with Gasteiger partial charge in [0.25, 0.3) is 0 Å². The van der Waals surface area contributed by atoms with Crippen molar-refractivity contribution in [1.82, 2.24) is 10.6 Å². The predicted octanol–water partition coefficient (Wildman–Crippen LogP) is 3.23. The van der Waals surface area contributed by atoms with Crippen LogP contribution in [0.25, 0.3) is 0 Å². The number of nitrogens with one attached hydrogen (secondary N) is 2. The first kappa shape index (κ1) is 18.5. The number of hydrogen-bond donors (Lipinski definition) is 2. The van der Waals surface area contributed by atoms with Gasteiger partial charge in [-0.05, 0) is 64.7 Å². The molecule has 1 aliphatic heterocycles. The van der Waals surface area contributed by atoms with Crippen molar-refractivity contribution in [3.8, 4) is 0 Å². The van der Waals surface area contributed by atoms with Gasteiger partial charge in [0.15, 0.2) is 0 Å². The van der Waals surface area contributed by atoms with Gasteiger partial charge in [-0.1, -0.05) is 6.92 Å². The van der Waals surface area contributed by atoms with Crippen molar-refractivity contribution >= 4 is 6.09 Å². The van der Waals surface area contributed by atoms with Crippen LogP contribution in [-0.4, -0.2) is 43.5 Å². The van der Waals surface area contributed by atoms with Crippen LogP contribution < -0.4 is 10.6 Å². The van der Waals surface area contributed by atoms with Crippen LogP contribution >= 0.6 is 0 Å². The first-order valence-corrected chi connectivity index (χ1v) is 9.06. The fraction of sp³-hybridized carbons (Fsp3) is 0.944. The number of carbonyl (C=O) groups is 1. The molecule has 134 valence electrons. The minimum atomic E-state index is -0.436. The molecule has 1 saturated carbocycles. The maximum Gasteiger partial charge on any atom is 0.407 e. The van der Waals surface area contributed by atoms with E-state index < -0.39 is 5.60 Å². The minimum Gasteiger partial charge on any atom is -0.444 e. The van der Waals surface area contributed by atoms with Crippen LogP contribution in [0.4, 0.5) is 4.79 Å². The zero-order chi connectivity index (χ0) is 16.9. The van der Waals surface area contributed by atoms with Crippen LogP contribution in [0.2, 0.25) is 0 Å². The smallest absolute Gasteiger partial charge is 0.407 e. The molecule has 5 nitrogen and oxygen atoms in total. The summed E-state index contributed by atoms with van der Waals surface area (Å²) in [7, 11) is 0. The molecule has 1 amide bonds. The van der Waals surface area contributed by atoms with Gasteiger partial charge >= 0.3 is 6.09 Å². The molecule has 1 saturated heterocycles. The summed E-state index contributed by atoms with van der Waals surface area (Å²) in [5, 5.41) is 6.77. The van der Waals surface area contributed by atoms with E-state index in [1.54, 1.807) is 0 Å². The summed E-state index contributed by atoms with van der Waals surface area (Å²) >= 11 is 0. The highest BCUT2D eigenvalue weighted by Crippen LogP contribution is 2.29. The lowest BCUT2D eigenvalue weighted by Crippen LogP contribution is -2.48. The van der Waals surface area contributed by atoms with Crippen LogP contribution in [-0.2, 0) is 9.47 Å². The molecular weight excluding hydrogens is 292 g/mol. The summed E-state index contributed by atoms with van der Waals surface area (Å²) in [6, 6.07) is 0.710. The van der Waals surface area contributed by atoms with Crippen molar-refractivity contribution < 1.29 is 14.3 Å². The predicted molar refractivity (Wildman–Crippen MR) is 91.6 cm³/mol. The summed E-state index contributed by atoms with van der Waals surface area (Å²) in [5.74, 6) is 0. The molecule has 0 bridgehead atoms. The van der Waals surface area contributed by atoms with Gasteiger partial charge in [-0.15, -0.1) is 0 Å². The van der Waals surface area contributed by atoms with E-state index in [1.807, 2.05) is 20.8 Å². The van der Waals surface area contributed by atoms with E-state index in [2.05, 4.69) is 17.6 Å². The molecule has 5 heteroatoms. The van der Waals surface area contributed by atoms with E-state index in [1.165, 1.54) is 6.42 Å². The zero-order valence-corrected chi connectivity index (χ0v) is 15.2. The van der Waals surface area contributed by atoms with Crippen molar-refractivity contribution in [2.75, 3.05) is 19.8 Å². The van der Waals surface area contributed by atoms with Crippen LogP contribution in [0.5, 0.6) is 0 Å². The average Bonchev–Trinajstić information content (AvgIpc) is 2.44. The Hall–Kier alpha value is -0.810. The van der Waals surface area contributed by atoms with Crippen molar-refractivity contribution in [3.63, 3.8) is 0 Å². The van der Waals surface area contributed by atoms with Crippen LogP contribution in [0, 0.1) is 5.41 Å². The quantitative estimate of drug-likeness (QED) is 0.833. The fourth-order valence-electron chi connectivity index (χ4n) is 3.41. The fourth-order valence-corrected chi connectivity index (χ4v) is 3.41. The number of ether oxygens (including phenoxy) is 2. The normalized spacial score (nSPS) is 28.2. The Morgan fingerprint density at radius 3 is 2.52 bits per heavy atom. The second kappa shape index (κ2) is 7.84. The Bertz CT molecular complexity index is 386. The molecule has 0 aromatic rings. The summed E-state index contributed by atoms with van der Waals surface area (Å²) in [6.45, 7) is 10.8. The standard InChI is InChI=1S/C18H34N2O3/c1-17(2,3)23-16(21)20-15-7-5-6-14(12-15)19-13-18(4)8-10-22-11-9-18/h14-15,19H,5-13H2,1-4H3,(H,20,21)/t14-,15+/m1/s1. The highest BCUT2D eigenvalue weighted by Gasteiger charge is 2.30. The van der Waals surface area contributed by atoms with Crippen LogP contribution in [0.1, 0.15) is 66.2 Å². The highest BCUT2D eigenvalue weighted by molar-refractivity contribution is 5.68. The molecule has 0 radical (unpaired) electrons. The summed E-state index contributed by atoms with van der Waals surface area (Å²) in [6.07, 6.45) is 6.35. The molecule has 0 aromatic heterocycles. The topological polar surface area (TPSA) is 59.6 Å². The Kier molecular flexibility index (Phi) is 6.32. The highest BCUT2D eigenvalue weighted by atomic mass is 16.6. The lowest BCUT2D eigenvalue weighted by molar-refractivity contribution is 0.0217. The van der Waals surface area contributed by atoms with E-state index in [0.717, 1.165) is 51.9 Å². The van der Waals surface area contributed by atoms with Crippen LogP contribution in [0.3, 0.4) is 0 Å². The molecule has 2 N–H and O–H groups in total. The van der Waals surface area contributed by atoms with E-state index in [-0.39, 0.29) is 12.1 Å². The van der Waals surface area contributed by atoms with Gasteiger partial charge in [-0.3, -0.25) is 0 Å². The third kappa shape index (κ3) is 6.68. The SMILES string of the molecule is CC1(CN[C@@H]2CCC[C@H](NC(=O)OC(C)(C)C)C2)CCOCC1. The summed E-state index contributed by atoms with van der Waals surface area (Å²) < 4.78 is 10.8. The van der Waals surface area contributed by atoms with Gasteiger partial charge in [0, 0.05) is 31.8 Å². The minimum absolute atomic E-state index is 0.221. The Balaban J connectivity index is 1.73. The molecule has 2 fully saturated rings. The average molecular weight is 326 g/mol. The molecule has 1 heterocycles. The van der Waals surface area contributed by atoms with Gasteiger partial charge in [0.05, 0.1) is 0 Å². The van der Waals surface area contributed by atoms with Gasteiger partial charge in [0.2, 0.25) is 0 Å². The van der Waals surface area contributed by atoms with E-state index in [4.69, 9.17) is 9.47 Å². The Morgan fingerprint density at radius 1 is 1.22 bits per heavy atom. The molecule has 2 aliphatic rings. The lowest BCUT2D eigenvalue weighted by Gasteiger charge is -2.37. The largest absolute Gasteiger partial charge is 0.444 e. The Labute approximate surface area is 140 Å². The number of amides is 1. The number of hydrogen-bond acceptors (Lipinski definition) is 4. The molecule has 0 spiro atoms. The van der Waals surface area contributed by atoms with Gasteiger partial charge in [0.1, 0.15) is 5.60 Å². The third-order valence-corrected chi connectivity index (χ3v) is 4.91. The molecule has 2 atom stereocenters. The van der Waals surface area contributed by atoms with E-state index >= 15 is 0 Å². The molecule has 0 aromatic carbocycles. The van der Waals surface area contributed by atoms with Gasteiger partial charge in [-0.2, -0.15) is 0 Å². The van der Waals surface area contributed by atoms with Crippen molar-refractivity contribution in [3.05, 3.63) is 0 Å². The van der Waals surface area contributed by atoms with E-state index in [0.29, 0.717) is 11.5 Å². The first-order valence-electron chi connectivity index (χ1n) is 9.06. The molecule has 2 rings (SSSR count). The third-order valence-electron chi connectivity index (χ3n) is 4.91.